The molecule has 5 rings (SSSR count). The largest absolute Gasteiger partial charge is 0.439 e. The van der Waals surface area contributed by atoms with Crippen LogP contribution >= 0.6 is 0 Å². The number of ether oxygens (including phenoxy) is 1. The van der Waals surface area contributed by atoms with Crippen molar-refractivity contribution in [3.63, 3.8) is 0 Å². The number of nitrogens with zero attached hydrogens (tertiary/aromatic N) is 5. The zero-order valence-electron chi connectivity index (χ0n) is 19.9. The number of carbonyl (C=O) groups excluding carboxylic acids is 1. The number of hydrogen-bond acceptors (Lipinski definition) is 6. The molecule has 1 aliphatic heterocycles. The number of aromatic nitrogens is 4. The van der Waals surface area contributed by atoms with E-state index in [4.69, 9.17) is 10.5 Å². The van der Waals surface area contributed by atoms with Crippen molar-refractivity contribution in [3.8, 4) is 22.8 Å². The summed E-state index contributed by atoms with van der Waals surface area (Å²) >= 11 is 0. The number of anilines is 1. The number of aryl methyl sites for hydroxylation is 2. The second kappa shape index (κ2) is 8.72. The third kappa shape index (κ3) is 3.82. The van der Waals surface area contributed by atoms with E-state index in [9.17, 15) is 4.79 Å². The van der Waals surface area contributed by atoms with Gasteiger partial charge in [-0.2, -0.15) is 0 Å². The minimum atomic E-state index is -0.133. The van der Waals surface area contributed by atoms with Crippen LogP contribution in [0.5, 0.6) is 11.6 Å². The van der Waals surface area contributed by atoms with Crippen LogP contribution in [0, 0.1) is 6.92 Å². The molecular formula is C27H26N6O2. The molecule has 1 atom stereocenters. The number of rotatable bonds is 5. The molecule has 1 aromatic carbocycles. The predicted molar refractivity (Wildman–Crippen MR) is 137 cm³/mol. The summed E-state index contributed by atoms with van der Waals surface area (Å²) in [4.78, 5) is 27.3. The van der Waals surface area contributed by atoms with Gasteiger partial charge in [-0.25, -0.2) is 15.0 Å². The number of fused-ring (bicyclic) bond motifs is 1. The van der Waals surface area contributed by atoms with Gasteiger partial charge in [-0.1, -0.05) is 30.9 Å². The van der Waals surface area contributed by atoms with Crippen LogP contribution < -0.4 is 10.5 Å². The van der Waals surface area contributed by atoms with Crippen molar-refractivity contribution < 1.29 is 9.53 Å². The maximum atomic E-state index is 12.4. The Kier molecular flexibility index (Phi) is 5.56. The molecule has 0 saturated heterocycles. The summed E-state index contributed by atoms with van der Waals surface area (Å²) in [7, 11) is 1.96. The highest BCUT2D eigenvalue weighted by Gasteiger charge is 2.32. The maximum absolute atomic E-state index is 12.4. The van der Waals surface area contributed by atoms with Crippen LogP contribution in [-0.4, -0.2) is 42.9 Å². The first-order chi connectivity index (χ1) is 16.9. The molecular weight excluding hydrogens is 440 g/mol. The third-order valence-corrected chi connectivity index (χ3v) is 6.38. The molecule has 176 valence electrons. The third-order valence-electron chi connectivity index (χ3n) is 6.38. The monoisotopic (exact) mass is 466 g/mol. The minimum absolute atomic E-state index is 0.102. The average molecular weight is 467 g/mol. The van der Waals surface area contributed by atoms with E-state index in [0.717, 1.165) is 39.1 Å². The Balaban J connectivity index is 1.61. The fourth-order valence-corrected chi connectivity index (χ4v) is 4.67. The standard InChI is InChI=1S/C27H26N6O2/c1-5-22(34)33-14-13-20(17(33)3)25-23(24-26(28)29-15-30-27(24)32(25)4)18-9-11-19(12-10-18)35-21-8-6-7-16(2)31-21/h5-13,15,17H,1,14H2,2-4H3,(H2,28,29,30)/t17-/m0/s1. The van der Waals surface area contributed by atoms with Crippen molar-refractivity contribution >= 4 is 28.3 Å². The van der Waals surface area contributed by atoms with Crippen molar-refractivity contribution in [1.29, 1.82) is 0 Å². The lowest BCUT2D eigenvalue weighted by molar-refractivity contribution is -0.126. The zero-order chi connectivity index (χ0) is 24.7. The molecule has 2 N–H and O–H groups in total. The van der Waals surface area contributed by atoms with E-state index in [0.29, 0.717) is 24.0 Å². The van der Waals surface area contributed by atoms with Crippen LogP contribution in [0.2, 0.25) is 0 Å². The summed E-state index contributed by atoms with van der Waals surface area (Å²) in [6.07, 6.45) is 4.90. The van der Waals surface area contributed by atoms with E-state index in [1.807, 2.05) is 67.9 Å². The van der Waals surface area contributed by atoms with Crippen LogP contribution in [0.1, 0.15) is 18.3 Å². The van der Waals surface area contributed by atoms with E-state index >= 15 is 0 Å². The molecule has 8 heteroatoms. The summed E-state index contributed by atoms with van der Waals surface area (Å²) in [5, 5.41) is 0.778. The molecule has 0 unspecified atom stereocenters. The molecule has 4 heterocycles. The topological polar surface area (TPSA) is 99.2 Å². The second-order valence-corrected chi connectivity index (χ2v) is 8.51. The summed E-state index contributed by atoms with van der Waals surface area (Å²) in [6.45, 7) is 8.09. The first-order valence-corrected chi connectivity index (χ1v) is 11.3. The van der Waals surface area contributed by atoms with Crippen LogP contribution in [0.3, 0.4) is 0 Å². The van der Waals surface area contributed by atoms with Gasteiger partial charge in [-0.15, -0.1) is 0 Å². The molecule has 8 nitrogen and oxygen atoms in total. The Morgan fingerprint density at radius 2 is 1.97 bits per heavy atom. The maximum Gasteiger partial charge on any atom is 0.246 e. The minimum Gasteiger partial charge on any atom is -0.439 e. The highest BCUT2D eigenvalue weighted by Crippen LogP contribution is 2.42. The van der Waals surface area contributed by atoms with Gasteiger partial charge < -0.3 is 19.9 Å². The van der Waals surface area contributed by atoms with Gasteiger partial charge in [-0.3, -0.25) is 4.79 Å². The number of hydrogen-bond donors (Lipinski definition) is 1. The van der Waals surface area contributed by atoms with Gasteiger partial charge >= 0.3 is 0 Å². The Labute approximate surface area is 203 Å². The smallest absolute Gasteiger partial charge is 0.246 e. The Hall–Kier alpha value is -4.46. The molecule has 0 bridgehead atoms. The SMILES string of the molecule is C=CC(=O)N1CC=C(c2c(-c3ccc(Oc4cccc(C)n4)cc3)c3c(N)ncnc3n2C)[C@@H]1C. The van der Waals surface area contributed by atoms with Crippen LogP contribution in [-0.2, 0) is 11.8 Å². The number of carbonyl (C=O) groups is 1. The number of amides is 1. The fourth-order valence-electron chi connectivity index (χ4n) is 4.67. The van der Waals surface area contributed by atoms with Crippen molar-refractivity contribution in [3.05, 3.63) is 78.9 Å². The van der Waals surface area contributed by atoms with E-state index in [-0.39, 0.29) is 11.9 Å². The van der Waals surface area contributed by atoms with Gasteiger partial charge in [0.2, 0.25) is 11.8 Å². The molecule has 35 heavy (non-hydrogen) atoms. The predicted octanol–water partition coefficient (Wildman–Crippen LogP) is 4.51. The molecule has 1 amide bonds. The molecule has 0 spiro atoms. The van der Waals surface area contributed by atoms with Crippen molar-refractivity contribution in [1.82, 2.24) is 24.4 Å². The van der Waals surface area contributed by atoms with Gasteiger partial charge in [0, 0.05) is 30.9 Å². The highest BCUT2D eigenvalue weighted by molar-refractivity contribution is 6.06. The normalized spacial score (nSPS) is 15.3. The van der Waals surface area contributed by atoms with Gasteiger partial charge in [0.05, 0.1) is 17.1 Å². The Bertz CT molecular complexity index is 1490. The summed E-state index contributed by atoms with van der Waals surface area (Å²) in [5.41, 5.74) is 11.8. The van der Waals surface area contributed by atoms with E-state index in [2.05, 4.69) is 27.6 Å². The number of pyridine rings is 1. The van der Waals surface area contributed by atoms with Crippen molar-refractivity contribution in [2.24, 2.45) is 7.05 Å². The van der Waals surface area contributed by atoms with Crippen LogP contribution in [0.4, 0.5) is 5.82 Å². The zero-order valence-corrected chi connectivity index (χ0v) is 19.9. The molecule has 3 aromatic heterocycles. The van der Waals surface area contributed by atoms with E-state index in [1.165, 1.54) is 12.4 Å². The first-order valence-electron chi connectivity index (χ1n) is 11.3. The van der Waals surface area contributed by atoms with E-state index < -0.39 is 0 Å². The average Bonchev–Trinajstić information content (AvgIpc) is 3.37. The lowest BCUT2D eigenvalue weighted by Gasteiger charge is -2.23. The van der Waals surface area contributed by atoms with Crippen molar-refractivity contribution in [2.45, 2.75) is 19.9 Å². The highest BCUT2D eigenvalue weighted by atomic mass is 16.5. The van der Waals surface area contributed by atoms with Crippen molar-refractivity contribution in [2.75, 3.05) is 12.3 Å². The summed E-state index contributed by atoms with van der Waals surface area (Å²) < 4.78 is 7.96. The Morgan fingerprint density at radius 3 is 2.69 bits per heavy atom. The van der Waals surface area contributed by atoms with Gasteiger partial charge in [0.1, 0.15) is 23.5 Å². The molecule has 1 aliphatic rings. The quantitative estimate of drug-likeness (QED) is 0.435. The molecule has 0 radical (unpaired) electrons. The van der Waals surface area contributed by atoms with Crippen LogP contribution in [0.15, 0.2) is 67.5 Å². The lowest BCUT2D eigenvalue weighted by Crippen LogP contribution is -2.34. The number of nitrogen functional groups attached to an aromatic ring is 1. The van der Waals surface area contributed by atoms with Gasteiger partial charge in [0.25, 0.3) is 0 Å². The molecule has 4 aromatic rings. The second-order valence-electron chi connectivity index (χ2n) is 8.51. The lowest BCUT2D eigenvalue weighted by atomic mass is 9.96. The summed E-state index contributed by atoms with van der Waals surface area (Å²) in [6, 6.07) is 13.3. The molecule has 0 fully saturated rings. The van der Waals surface area contributed by atoms with Gasteiger partial charge in [0.15, 0.2) is 0 Å². The molecule has 0 aliphatic carbocycles. The van der Waals surface area contributed by atoms with E-state index in [1.54, 1.807) is 4.90 Å². The number of nitrogens with two attached hydrogens (primary N) is 1. The fraction of sp³-hybridized carbons (Fsp3) is 0.185. The first kappa shape index (κ1) is 22.3. The van der Waals surface area contributed by atoms with Gasteiger partial charge in [-0.05, 0) is 49.3 Å². The Morgan fingerprint density at radius 1 is 1.20 bits per heavy atom. The molecule has 0 saturated carbocycles. The summed E-state index contributed by atoms with van der Waals surface area (Å²) in [5.74, 6) is 1.52. The van der Waals surface area contributed by atoms with Crippen LogP contribution in [0.25, 0.3) is 27.7 Å². The number of benzene rings is 1.